The van der Waals surface area contributed by atoms with E-state index in [1.807, 2.05) is 6.07 Å². The van der Waals surface area contributed by atoms with Gasteiger partial charge < -0.3 is 5.32 Å². The number of nitrogens with one attached hydrogen (secondary N) is 1. The summed E-state index contributed by atoms with van der Waals surface area (Å²) in [5.74, 6) is 0.00485. The van der Waals surface area contributed by atoms with Crippen molar-refractivity contribution in [3.63, 3.8) is 0 Å². The van der Waals surface area contributed by atoms with Gasteiger partial charge in [0.25, 0.3) is 0 Å². The largest absolute Gasteiger partial charge is 0.352 e. The number of fused-ring (bicyclic) bond motifs is 1. The average molecular weight is 255 g/mol. The van der Waals surface area contributed by atoms with E-state index in [-0.39, 0.29) is 11.3 Å². The second kappa shape index (κ2) is 5.04. The van der Waals surface area contributed by atoms with E-state index in [9.17, 15) is 4.79 Å². The van der Waals surface area contributed by atoms with Crippen LogP contribution in [0.2, 0.25) is 0 Å². The summed E-state index contributed by atoms with van der Waals surface area (Å²) in [5.41, 5.74) is 2.58. The summed E-state index contributed by atoms with van der Waals surface area (Å²) in [5, 5.41) is 5.34. The van der Waals surface area contributed by atoms with E-state index < -0.39 is 0 Å². The van der Waals surface area contributed by atoms with Crippen molar-refractivity contribution < 1.29 is 4.79 Å². The molecular formula is C17H21NO. The number of carbonyl (C=O) groups is 1. The van der Waals surface area contributed by atoms with Crippen molar-refractivity contribution in [3.8, 4) is 0 Å². The topological polar surface area (TPSA) is 29.1 Å². The minimum absolute atomic E-state index is 0.00485. The summed E-state index contributed by atoms with van der Waals surface area (Å²) >= 11 is 0. The van der Waals surface area contributed by atoms with Gasteiger partial charge in [0.15, 0.2) is 0 Å². The van der Waals surface area contributed by atoms with Gasteiger partial charge in [-0.1, -0.05) is 57.2 Å². The standard InChI is InChI=1S/C17H21NO/c1-12(19)18-11-14-10-15(17(2,3)4)9-13-7-5-6-8-16(13)14/h5-10H,11H2,1-4H3,(H,18,19). The predicted octanol–water partition coefficient (Wildman–Crippen LogP) is 3.77. The molecule has 2 aromatic rings. The van der Waals surface area contributed by atoms with Crippen molar-refractivity contribution in [2.45, 2.75) is 39.7 Å². The molecule has 0 saturated heterocycles. The maximum atomic E-state index is 11.1. The Morgan fingerprint density at radius 1 is 1.16 bits per heavy atom. The molecule has 0 spiro atoms. The smallest absolute Gasteiger partial charge is 0.217 e. The molecule has 1 N–H and O–H groups in total. The first-order valence-electron chi connectivity index (χ1n) is 6.64. The van der Waals surface area contributed by atoms with Gasteiger partial charge in [0.05, 0.1) is 0 Å². The van der Waals surface area contributed by atoms with Gasteiger partial charge in [-0.3, -0.25) is 4.79 Å². The van der Waals surface area contributed by atoms with Crippen molar-refractivity contribution in [3.05, 3.63) is 47.5 Å². The molecule has 100 valence electrons. The fourth-order valence-electron chi connectivity index (χ4n) is 2.19. The highest BCUT2D eigenvalue weighted by Gasteiger charge is 2.15. The van der Waals surface area contributed by atoms with E-state index in [0.717, 1.165) is 0 Å². The minimum Gasteiger partial charge on any atom is -0.352 e. The van der Waals surface area contributed by atoms with Crippen LogP contribution in [0.15, 0.2) is 36.4 Å². The van der Waals surface area contributed by atoms with Crippen LogP contribution in [0.3, 0.4) is 0 Å². The number of hydrogen-bond donors (Lipinski definition) is 1. The molecule has 2 aromatic carbocycles. The van der Waals surface area contributed by atoms with Gasteiger partial charge in [0.1, 0.15) is 0 Å². The van der Waals surface area contributed by atoms with Crippen LogP contribution in [-0.2, 0) is 16.8 Å². The second-order valence-electron chi connectivity index (χ2n) is 6.02. The molecule has 0 unspecified atom stereocenters. The quantitative estimate of drug-likeness (QED) is 0.869. The Labute approximate surface area is 114 Å². The molecule has 19 heavy (non-hydrogen) atoms. The highest BCUT2D eigenvalue weighted by Crippen LogP contribution is 2.28. The van der Waals surface area contributed by atoms with Gasteiger partial charge in [-0.15, -0.1) is 0 Å². The molecule has 2 nitrogen and oxygen atoms in total. The summed E-state index contributed by atoms with van der Waals surface area (Å²) in [4.78, 5) is 11.1. The van der Waals surface area contributed by atoms with E-state index in [1.165, 1.54) is 21.9 Å². The Kier molecular flexibility index (Phi) is 3.61. The lowest BCUT2D eigenvalue weighted by Crippen LogP contribution is -2.20. The van der Waals surface area contributed by atoms with E-state index >= 15 is 0 Å². The number of carbonyl (C=O) groups excluding carboxylic acids is 1. The van der Waals surface area contributed by atoms with Crippen molar-refractivity contribution >= 4 is 16.7 Å². The van der Waals surface area contributed by atoms with Crippen molar-refractivity contribution in [1.82, 2.24) is 5.32 Å². The first-order valence-corrected chi connectivity index (χ1v) is 6.64. The van der Waals surface area contributed by atoms with Crippen LogP contribution in [-0.4, -0.2) is 5.91 Å². The zero-order chi connectivity index (χ0) is 14.0. The van der Waals surface area contributed by atoms with Crippen LogP contribution >= 0.6 is 0 Å². The molecule has 2 heteroatoms. The summed E-state index contributed by atoms with van der Waals surface area (Å²) in [6.07, 6.45) is 0. The number of rotatable bonds is 2. The number of amides is 1. The Bertz CT molecular complexity index is 608. The molecule has 1 amide bonds. The minimum atomic E-state index is 0.00485. The second-order valence-corrected chi connectivity index (χ2v) is 6.02. The summed E-state index contributed by atoms with van der Waals surface area (Å²) in [6.45, 7) is 8.76. The fourth-order valence-corrected chi connectivity index (χ4v) is 2.19. The zero-order valence-corrected chi connectivity index (χ0v) is 12.1. The molecule has 0 saturated carbocycles. The molecule has 0 aliphatic rings. The van der Waals surface area contributed by atoms with Crippen molar-refractivity contribution in [1.29, 1.82) is 0 Å². The van der Waals surface area contributed by atoms with Crippen LogP contribution in [0.25, 0.3) is 10.8 Å². The van der Waals surface area contributed by atoms with Crippen LogP contribution in [0, 0.1) is 0 Å². The van der Waals surface area contributed by atoms with Crippen LogP contribution < -0.4 is 5.32 Å². The molecule has 0 aliphatic carbocycles. The highest BCUT2D eigenvalue weighted by molar-refractivity contribution is 5.87. The van der Waals surface area contributed by atoms with E-state index in [0.29, 0.717) is 6.54 Å². The van der Waals surface area contributed by atoms with Gasteiger partial charge in [0, 0.05) is 13.5 Å². The lowest BCUT2D eigenvalue weighted by molar-refractivity contribution is -0.119. The predicted molar refractivity (Wildman–Crippen MR) is 80.2 cm³/mol. The Morgan fingerprint density at radius 3 is 2.47 bits per heavy atom. The van der Waals surface area contributed by atoms with E-state index in [4.69, 9.17) is 0 Å². The lowest BCUT2D eigenvalue weighted by Gasteiger charge is -2.21. The lowest BCUT2D eigenvalue weighted by atomic mass is 9.84. The van der Waals surface area contributed by atoms with Gasteiger partial charge in [-0.25, -0.2) is 0 Å². The Morgan fingerprint density at radius 2 is 1.84 bits per heavy atom. The monoisotopic (exact) mass is 255 g/mol. The average Bonchev–Trinajstić information content (AvgIpc) is 2.34. The molecule has 0 atom stereocenters. The van der Waals surface area contributed by atoms with Crippen molar-refractivity contribution in [2.24, 2.45) is 0 Å². The van der Waals surface area contributed by atoms with Gasteiger partial charge in [0.2, 0.25) is 5.91 Å². The van der Waals surface area contributed by atoms with Gasteiger partial charge >= 0.3 is 0 Å². The number of benzene rings is 2. The molecule has 0 radical (unpaired) electrons. The molecule has 0 heterocycles. The van der Waals surface area contributed by atoms with Crippen LogP contribution in [0.1, 0.15) is 38.8 Å². The summed E-state index contributed by atoms with van der Waals surface area (Å²) in [6, 6.07) is 12.8. The third-order valence-electron chi connectivity index (χ3n) is 3.34. The van der Waals surface area contributed by atoms with Gasteiger partial charge in [-0.05, 0) is 27.3 Å². The first kappa shape index (κ1) is 13.6. The molecule has 0 fully saturated rings. The maximum Gasteiger partial charge on any atom is 0.217 e. The molecule has 0 aromatic heterocycles. The highest BCUT2D eigenvalue weighted by atomic mass is 16.1. The van der Waals surface area contributed by atoms with E-state index in [1.54, 1.807) is 6.92 Å². The number of hydrogen-bond acceptors (Lipinski definition) is 1. The SMILES string of the molecule is CC(=O)NCc1cc(C(C)(C)C)cc2ccccc12. The molecular weight excluding hydrogens is 234 g/mol. The van der Waals surface area contributed by atoms with Gasteiger partial charge in [-0.2, -0.15) is 0 Å². The Hall–Kier alpha value is -1.83. The van der Waals surface area contributed by atoms with Crippen LogP contribution in [0.4, 0.5) is 0 Å². The molecule has 0 aliphatic heterocycles. The molecule has 2 rings (SSSR count). The normalized spacial score (nSPS) is 11.6. The third kappa shape index (κ3) is 3.14. The van der Waals surface area contributed by atoms with E-state index in [2.05, 4.69) is 56.4 Å². The third-order valence-corrected chi connectivity index (χ3v) is 3.34. The zero-order valence-electron chi connectivity index (χ0n) is 12.1. The summed E-state index contributed by atoms with van der Waals surface area (Å²) < 4.78 is 0. The maximum absolute atomic E-state index is 11.1. The fraction of sp³-hybridized carbons (Fsp3) is 0.353. The summed E-state index contributed by atoms with van der Waals surface area (Å²) in [7, 11) is 0. The van der Waals surface area contributed by atoms with Crippen molar-refractivity contribution in [2.75, 3.05) is 0 Å². The first-order chi connectivity index (χ1) is 8.88. The molecule has 0 bridgehead atoms. The Balaban J connectivity index is 2.55. The van der Waals surface area contributed by atoms with Crippen LogP contribution in [0.5, 0.6) is 0 Å².